The average Bonchev–Trinajstić information content (AvgIpc) is 2.30. The van der Waals surface area contributed by atoms with Crippen molar-refractivity contribution in [3.63, 3.8) is 0 Å². The summed E-state index contributed by atoms with van der Waals surface area (Å²) in [7, 11) is 0. The maximum Gasteiger partial charge on any atom is 0.0991 e. The topological polar surface area (TPSA) is 23.8 Å². The number of nitriles is 1. The third-order valence-electron chi connectivity index (χ3n) is 3.17. The molecule has 0 N–H and O–H groups in total. The van der Waals surface area contributed by atoms with Crippen molar-refractivity contribution >= 4 is 11.6 Å². The van der Waals surface area contributed by atoms with E-state index in [1.165, 1.54) is 18.4 Å². The molecular formula is C13H14ClN. The molecule has 0 heterocycles. The molecule has 0 amide bonds. The molecule has 0 bridgehead atoms. The molecule has 2 heteroatoms. The Morgan fingerprint density at radius 1 is 1.07 bits per heavy atom. The molecular weight excluding hydrogens is 206 g/mol. The monoisotopic (exact) mass is 219 g/mol. The van der Waals surface area contributed by atoms with Crippen LogP contribution in [0.1, 0.15) is 42.7 Å². The zero-order valence-corrected chi connectivity index (χ0v) is 9.37. The molecule has 0 saturated heterocycles. The second-order valence-corrected chi connectivity index (χ2v) is 4.80. The highest BCUT2D eigenvalue weighted by atomic mass is 35.5. The molecule has 0 unspecified atom stereocenters. The van der Waals surface area contributed by atoms with Crippen LogP contribution in [0.4, 0.5) is 0 Å². The average molecular weight is 220 g/mol. The SMILES string of the molecule is N#Cc1ccc(C2CCC(Cl)CC2)cc1. The normalized spacial score (nSPS) is 25.9. The van der Waals surface area contributed by atoms with Crippen LogP contribution < -0.4 is 0 Å². The minimum Gasteiger partial charge on any atom is -0.192 e. The summed E-state index contributed by atoms with van der Waals surface area (Å²) >= 11 is 6.07. The van der Waals surface area contributed by atoms with E-state index < -0.39 is 0 Å². The lowest BCUT2D eigenvalue weighted by Gasteiger charge is -2.25. The van der Waals surface area contributed by atoms with Gasteiger partial charge in [0.05, 0.1) is 11.6 Å². The van der Waals surface area contributed by atoms with Crippen LogP contribution in [0.2, 0.25) is 0 Å². The third-order valence-corrected chi connectivity index (χ3v) is 3.60. The molecule has 78 valence electrons. The first-order valence-electron chi connectivity index (χ1n) is 5.43. The van der Waals surface area contributed by atoms with Crippen molar-refractivity contribution in [2.75, 3.05) is 0 Å². The van der Waals surface area contributed by atoms with Gasteiger partial charge in [0.2, 0.25) is 0 Å². The van der Waals surface area contributed by atoms with Crippen molar-refractivity contribution in [1.82, 2.24) is 0 Å². The van der Waals surface area contributed by atoms with Gasteiger partial charge in [-0.3, -0.25) is 0 Å². The maximum atomic E-state index is 8.71. The van der Waals surface area contributed by atoms with Crippen molar-refractivity contribution in [1.29, 1.82) is 5.26 Å². The van der Waals surface area contributed by atoms with Gasteiger partial charge in [0, 0.05) is 5.38 Å². The van der Waals surface area contributed by atoms with Crippen molar-refractivity contribution < 1.29 is 0 Å². The highest BCUT2D eigenvalue weighted by molar-refractivity contribution is 6.20. The van der Waals surface area contributed by atoms with Gasteiger partial charge in [-0.05, 0) is 49.3 Å². The quantitative estimate of drug-likeness (QED) is 0.659. The molecule has 1 aromatic carbocycles. The molecule has 15 heavy (non-hydrogen) atoms. The second kappa shape index (κ2) is 4.68. The van der Waals surface area contributed by atoms with Crippen LogP contribution >= 0.6 is 11.6 Å². The number of rotatable bonds is 1. The van der Waals surface area contributed by atoms with Crippen molar-refractivity contribution in [3.8, 4) is 6.07 Å². The fourth-order valence-electron chi connectivity index (χ4n) is 2.22. The van der Waals surface area contributed by atoms with E-state index >= 15 is 0 Å². The van der Waals surface area contributed by atoms with Crippen LogP contribution in [-0.2, 0) is 0 Å². The highest BCUT2D eigenvalue weighted by Crippen LogP contribution is 2.34. The first kappa shape index (κ1) is 10.5. The first-order valence-corrected chi connectivity index (χ1v) is 5.87. The van der Waals surface area contributed by atoms with E-state index in [9.17, 15) is 0 Å². The van der Waals surface area contributed by atoms with Crippen molar-refractivity contribution in [3.05, 3.63) is 35.4 Å². The second-order valence-electron chi connectivity index (χ2n) is 4.18. The Balaban J connectivity index is 2.07. The summed E-state index contributed by atoms with van der Waals surface area (Å²) in [5.41, 5.74) is 2.10. The predicted molar refractivity (Wildman–Crippen MR) is 62.0 cm³/mol. The Hall–Kier alpha value is -1.00. The number of hydrogen-bond donors (Lipinski definition) is 0. The van der Waals surface area contributed by atoms with E-state index in [1.54, 1.807) is 0 Å². The van der Waals surface area contributed by atoms with E-state index in [0.717, 1.165) is 18.4 Å². The number of halogens is 1. The fraction of sp³-hybridized carbons (Fsp3) is 0.462. The van der Waals surface area contributed by atoms with Gasteiger partial charge in [-0.2, -0.15) is 5.26 Å². The van der Waals surface area contributed by atoms with E-state index in [-0.39, 0.29) is 0 Å². The molecule has 1 aliphatic carbocycles. The first-order chi connectivity index (χ1) is 7.29. The Bertz CT molecular complexity index is 355. The van der Waals surface area contributed by atoms with E-state index in [0.29, 0.717) is 11.3 Å². The lowest BCUT2D eigenvalue weighted by atomic mass is 9.84. The van der Waals surface area contributed by atoms with Gasteiger partial charge in [-0.1, -0.05) is 12.1 Å². The largest absolute Gasteiger partial charge is 0.192 e. The van der Waals surface area contributed by atoms with E-state index in [1.807, 2.05) is 12.1 Å². The summed E-state index contributed by atoms with van der Waals surface area (Å²) in [6, 6.07) is 10.1. The van der Waals surface area contributed by atoms with E-state index in [4.69, 9.17) is 16.9 Å². The molecule has 0 aliphatic heterocycles. The van der Waals surface area contributed by atoms with Gasteiger partial charge in [0.1, 0.15) is 0 Å². The predicted octanol–water partition coefficient (Wildman–Crippen LogP) is 3.82. The van der Waals surface area contributed by atoms with Gasteiger partial charge in [0.15, 0.2) is 0 Å². The number of benzene rings is 1. The molecule has 0 atom stereocenters. The fourth-order valence-corrected chi connectivity index (χ4v) is 2.47. The number of hydrogen-bond acceptors (Lipinski definition) is 1. The van der Waals surface area contributed by atoms with Crippen LogP contribution in [0, 0.1) is 11.3 Å². The van der Waals surface area contributed by atoms with Crippen LogP contribution in [0.15, 0.2) is 24.3 Å². The lowest BCUT2D eigenvalue weighted by Crippen LogP contribution is -2.12. The lowest BCUT2D eigenvalue weighted by molar-refractivity contribution is 0.449. The Morgan fingerprint density at radius 2 is 1.67 bits per heavy atom. The van der Waals surface area contributed by atoms with Gasteiger partial charge < -0.3 is 0 Å². The molecule has 0 aromatic heterocycles. The summed E-state index contributed by atoms with van der Waals surface area (Å²) in [6.07, 6.45) is 4.60. The van der Waals surface area contributed by atoms with Gasteiger partial charge in [-0.25, -0.2) is 0 Å². The Morgan fingerprint density at radius 3 is 2.20 bits per heavy atom. The standard InChI is InChI=1S/C13H14ClN/c14-13-7-5-12(6-8-13)11-3-1-10(9-15)2-4-11/h1-4,12-13H,5-8H2. The minimum absolute atomic E-state index is 0.375. The molecule has 1 saturated carbocycles. The van der Waals surface area contributed by atoms with Crippen LogP contribution in [-0.4, -0.2) is 5.38 Å². The smallest absolute Gasteiger partial charge is 0.0991 e. The minimum atomic E-state index is 0.375. The number of nitrogens with zero attached hydrogens (tertiary/aromatic N) is 1. The van der Waals surface area contributed by atoms with Crippen LogP contribution in [0.25, 0.3) is 0 Å². The number of alkyl halides is 1. The zero-order valence-electron chi connectivity index (χ0n) is 8.62. The molecule has 1 fully saturated rings. The van der Waals surface area contributed by atoms with Crippen LogP contribution in [0.3, 0.4) is 0 Å². The molecule has 1 aromatic rings. The van der Waals surface area contributed by atoms with E-state index in [2.05, 4.69) is 18.2 Å². The van der Waals surface area contributed by atoms with Gasteiger partial charge in [0.25, 0.3) is 0 Å². The maximum absolute atomic E-state index is 8.71. The zero-order chi connectivity index (χ0) is 10.7. The Labute approximate surface area is 95.7 Å². The summed E-state index contributed by atoms with van der Waals surface area (Å²) in [4.78, 5) is 0. The molecule has 1 aliphatic rings. The highest BCUT2D eigenvalue weighted by Gasteiger charge is 2.20. The third kappa shape index (κ3) is 2.52. The molecule has 1 nitrogen and oxygen atoms in total. The summed E-state index contributed by atoms with van der Waals surface area (Å²) < 4.78 is 0. The molecule has 2 rings (SSSR count). The summed E-state index contributed by atoms with van der Waals surface area (Å²) in [6.45, 7) is 0. The van der Waals surface area contributed by atoms with Crippen molar-refractivity contribution in [2.24, 2.45) is 0 Å². The van der Waals surface area contributed by atoms with Crippen LogP contribution in [0.5, 0.6) is 0 Å². The Kier molecular flexibility index (Phi) is 3.28. The van der Waals surface area contributed by atoms with Gasteiger partial charge in [-0.15, -0.1) is 11.6 Å². The molecule has 0 radical (unpaired) electrons. The summed E-state index contributed by atoms with van der Waals surface area (Å²) in [5, 5.41) is 9.08. The summed E-state index contributed by atoms with van der Waals surface area (Å²) in [5.74, 6) is 0.646. The van der Waals surface area contributed by atoms with Gasteiger partial charge >= 0.3 is 0 Å². The molecule has 0 spiro atoms. The van der Waals surface area contributed by atoms with Crippen molar-refractivity contribution in [2.45, 2.75) is 37.0 Å².